The molecule has 0 amide bonds. The Morgan fingerprint density at radius 3 is 2.94 bits per heavy atom. The summed E-state index contributed by atoms with van der Waals surface area (Å²) in [6, 6.07) is 0.370. The predicted octanol–water partition coefficient (Wildman–Crippen LogP) is 1.11. The van der Waals surface area contributed by atoms with E-state index in [0.29, 0.717) is 5.95 Å². The highest BCUT2D eigenvalue weighted by Crippen LogP contribution is 2.27. The molecule has 1 aliphatic carbocycles. The van der Waals surface area contributed by atoms with E-state index in [9.17, 15) is 5.11 Å². The molecular formula is C10H15ClN4O2. The number of aliphatic hydroxyl groups excluding tert-OH is 1. The standard InChI is InChI=1S/C10H15ClN4O2/c1-17-10-14-8(11)13-9(15-10)12-7-4-2-3-6(7)5-16/h6-7,16H,2-5H2,1H3,(H,12,13,14,15). The van der Waals surface area contributed by atoms with Gasteiger partial charge in [-0.15, -0.1) is 0 Å². The molecule has 0 bridgehead atoms. The van der Waals surface area contributed by atoms with Crippen LogP contribution in [0.1, 0.15) is 19.3 Å². The SMILES string of the molecule is COc1nc(Cl)nc(NC2CCCC2CO)n1. The van der Waals surface area contributed by atoms with E-state index in [1.54, 1.807) is 0 Å². The minimum atomic E-state index is 0.0953. The minimum Gasteiger partial charge on any atom is -0.467 e. The Hall–Kier alpha value is -1.14. The summed E-state index contributed by atoms with van der Waals surface area (Å²) in [7, 11) is 1.47. The van der Waals surface area contributed by atoms with Gasteiger partial charge in [-0.25, -0.2) is 0 Å². The number of aliphatic hydroxyl groups is 1. The minimum absolute atomic E-state index is 0.0953. The average molecular weight is 259 g/mol. The summed E-state index contributed by atoms with van der Waals surface area (Å²) < 4.78 is 4.92. The molecule has 1 fully saturated rings. The highest BCUT2D eigenvalue weighted by molar-refractivity contribution is 6.28. The van der Waals surface area contributed by atoms with Crippen LogP contribution < -0.4 is 10.1 Å². The third kappa shape index (κ3) is 2.95. The molecule has 1 aliphatic rings. The number of methoxy groups -OCH3 is 1. The van der Waals surface area contributed by atoms with Gasteiger partial charge in [-0.05, 0) is 24.4 Å². The molecule has 6 nitrogen and oxygen atoms in total. The molecule has 2 rings (SSSR count). The Kier molecular flexibility index (Phi) is 3.96. The van der Waals surface area contributed by atoms with Crippen molar-refractivity contribution in [3.8, 4) is 6.01 Å². The Labute approximate surface area is 104 Å². The zero-order valence-corrected chi connectivity index (χ0v) is 10.3. The van der Waals surface area contributed by atoms with E-state index in [4.69, 9.17) is 16.3 Å². The smallest absolute Gasteiger partial charge is 0.322 e. The van der Waals surface area contributed by atoms with Crippen LogP contribution in [0.3, 0.4) is 0 Å². The first kappa shape index (κ1) is 12.3. The van der Waals surface area contributed by atoms with Crippen molar-refractivity contribution in [2.24, 2.45) is 5.92 Å². The largest absolute Gasteiger partial charge is 0.467 e. The molecule has 0 aliphatic heterocycles. The topological polar surface area (TPSA) is 80.2 Å². The molecule has 0 radical (unpaired) electrons. The van der Waals surface area contributed by atoms with Crippen LogP contribution in [-0.4, -0.2) is 39.8 Å². The van der Waals surface area contributed by atoms with Crippen molar-refractivity contribution in [3.63, 3.8) is 0 Å². The van der Waals surface area contributed by atoms with Gasteiger partial charge in [0.2, 0.25) is 11.2 Å². The number of nitrogens with one attached hydrogen (secondary N) is 1. The lowest BCUT2D eigenvalue weighted by Crippen LogP contribution is -2.27. The normalized spacial score (nSPS) is 23.7. The lowest BCUT2D eigenvalue weighted by molar-refractivity contribution is 0.222. The first-order valence-electron chi connectivity index (χ1n) is 5.56. The molecule has 94 valence electrons. The second kappa shape index (κ2) is 5.46. The Morgan fingerprint density at radius 2 is 2.24 bits per heavy atom. The molecule has 17 heavy (non-hydrogen) atoms. The van der Waals surface area contributed by atoms with Gasteiger partial charge in [0.15, 0.2) is 0 Å². The van der Waals surface area contributed by atoms with E-state index in [-0.39, 0.29) is 29.9 Å². The van der Waals surface area contributed by atoms with Crippen LogP contribution in [0.2, 0.25) is 5.28 Å². The van der Waals surface area contributed by atoms with Gasteiger partial charge in [0.05, 0.1) is 7.11 Å². The molecule has 0 aromatic carbocycles. The fourth-order valence-electron chi connectivity index (χ4n) is 2.10. The number of ether oxygens (including phenoxy) is 1. The molecule has 2 unspecified atom stereocenters. The zero-order valence-electron chi connectivity index (χ0n) is 9.56. The van der Waals surface area contributed by atoms with Gasteiger partial charge >= 0.3 is 6.01 Å². The lowest BCUT2D eigenvalue weighted by Gasteiger charge is -2.18. The predicted molar refractivity (Wildman–Crippen MR) is 63.2 cm³/mol. The van der Waals surface area contributed by atoms with Crippen molar-refractivity contribution in [3.05, 3.63) is 5.28 Å². The van der Waals surface area contributed by atoms with E-state index >= 15 is 0 Å². The molecule has 2 N–H and O–H groups in total. The lowest BCUT2D eigenvalue weighted by atomic mass is 10.1. The summed E-state index contributed by atoms with van der Waals surface area (Å²) >= 11 is 5.75. The van der Waals surface area contributed by atoms with Gasteiger partial charge in [0.25, 0.3) is 0 Å². The van der Waals surface area contributed by atoms with Crippen LogP contribution in [0.5, 0.6) is 6.01 Å². The summed E-state index contributed by atoms with van der Waals surface area (Å²) in [5, 5.41) is 12.5. The quantitative estimate of drug-likeness (QED) is 0.842. The Balaban J connectivity index is 2.09. The van der Waals surface area contributed by atoms with E-state index in [2.05, 4.69) is 20.3 Å². The van der Waals surface area contributed by atoms with Crippen molar-refractivity contribution >= 4 is 17.5 Å². The fourth-order valence-corrected chi connectivity index (χ4v) is 2.25. The van der Waals surface area contributed by atoms with Crippen LogP contribution >= 0.6 is 11.6 Å². The van der Waals surface area contributed by atoms with Gasteiger partial charge in [-0.3, -0.25) is 0 Å². The zero-order chi connectivity index (χ0) is 12.3. The number of hydrogen-bond acceptors (Lipinski definition) is 6. The molecule has 1 aromatic heterocycles. The maximum atomic E-state index is 9.23. The number of halogens is 1. The summed E-state index contributed by atoms with van der Waals surface area (Å²) in [6.07, 6.45) is 3.11. The van der Waals surface area contributed by atoms with E-state index < -0.39 is 0 Å². The number of anilines is 1. The second-order valence-corrected chi connectivity index (χ2v) is 4.38. The second-order valence-electron chi connectivity index (χ2n) is 4.04. The fraction of sp³-hybridized carbons (Fsp3) is 0.700. The maximum absolute atomic E-state index is 9.23. The van der Waals surface area contributed by atoms with Crippen LogP contribution in [0.4, 0.5) is 5.95 Å². The van der Waals surface area contributed by atoms with Crippen LogP contribution in [0, 0.1) is 5.92 Å². The van der Waals surface area contributed by atoms with Gasteiger partial charge in [0, 0.05) is 18.6 Å². The van der Waals surface area contributed by atoms with Crippen molar-refractivity contribution in [2.45, 2.75) is 25.3 Å². The van der Waals surface area contributed by atoms with Gasteiger partial charge < -0.3 is 15.2 Å². The van der Waals surface area contributed by atoms with Crippen molar-refractivity contribution in [1.82, 2.24) is 15.0 Å². The van der Waals surface area contributed by atoms with Crippen molar-refractivity contribution in [1.29, 1.82) is 0 Å². The molecule has 0 saturated heterocycles. The third-order valence-corrected chi connectivity index (χ3v) is 3.15. The Morgan fingerprint density at radius 1 is 1.41 bits per heavy atom. The first-order valence-corrected chi connectivity index (χ1v) is 5.93. The van der Waals surface area contributed by atoms with Gasteiger partial charge in [-0.1, -0.05) is 6.42 Å². The summed E-state index contributed by atoms with van der Waals surface area (Å²) in [4.78, 5) is 11.8. The van der Waals surface area contributed by atoms with Gasteiger partial charge in [-0.2, -0.15) is 15.0 Å². The monoisotopic (exact) mass is 258 g/mol. The number of hydrogen-bond donors (Lipinski definition) is 2. The molecular weight excluding hydrogens is 244 g/mol. The van der Waals surface area contributed by atoms with Crippen LogP contribution in [0.15, 0.2) is 0 Å². The van der Waals surface area contributed by atoms with Crippen LogP contribution in [-0.2, 0) is 0 Å². The van der Waals surface area contributed by atoms with Crippen molar-refractivity contribution in [2.75, 3.05) is 19.0 Å². The van der Waals surface area contributed by atoms with E-state index in [1.165, 1.54) is 7.11 Å². The molecule has 2 atom stereocenters. The molecule has 1 saturated carbocycles. The van der Waals surface area contributed by atoms with E-state index in [1.807, 2.05) is 0 Å². The average Bonchev–Trinajstić information content (AvgIpc) is 2.75. The highest BCUT2D eigenvalue weighted by atomic mass is 35.5. The Bertz CT molecular complexity index is 391. The number of aromatic nitrogens is 3. The van der Waals surface area contributed by atoms with E-state index in [0.717, 1.165) is 19.3 Å². The maximum Gasteiger partial charge on any atom is 0.322 e. The summed E-state index contributed by atoms with van der Waals surface area (Å²) in [6.45, 7) is 0.174. The third-order valence-electron chi connectivity index (χ3n) is 2.98. The van der Waals surface area contributed by atoms with Crippen LogP contribution in [0.25, 0.3) is 0 Å². The number of nitrogens with zero attached hydrogens (tertiary/aromatic N) is 3. The van der Waals surface area contributed by atoms with Crippen molar-refractivity contribution < 1.29 is 9.84 Å². The highest BCUT2D eigenvalue weighted by Gasteiger charge is 2.27. The molecule has 7 heteroatoms. The summed E-state index contributed by atoms with van der Waals surface area (Å²) in [5.41, 5.74) is 0. The summed E-state index contributed by atoms with van der Waals surface area (Å²) in [5.74, 6) is 0.642. The molecule has 0 spiro atoms. The number of rotatable bonds is 4. The first-order chi connectivity index (χ1) is 8.22. The van der Waals surface area contributed by atoms with Gasteiger partial charge in [0.1, 0.15) is 0 Å². The molecule has 1 heterocycles. The molecule has 1 aromatic rings.